The van der Waals surface area contributed by atoms with Crippen molar-refractivity contribution >= 4 is 15.9 Å². The Kier molecular flexibility index (Phi) is 3.82. The molecular formula is C9H15BrN2. The number of aromatic amines is 1. The molecule has 12 heavy (non-hydrogen) atoms. The van der Waals surface area contributed by atoms with Gasteiger partial charge in [-0.05, 0) is 35.3 Å². The first-order chi connectivity index (χ1) is 5.72. The van der Waals surface area contributed by atoms with Crippen LogP contribution in [0.15, 0.2) is 16.7 Å². The molecule has 0 radical (unpaired) electrons. The van der Waals surface area contributed by atoms with E-state index in [1.54, 1.807) is 0 Å². The molecule has 1 aromatic rings. The molecule has 3 heteroatoms. The third-order valence-corrected chi connectivity index (χ3v) is 2.42. The Balaban J connectivity index is 2.33. The minimum Gasteiger partial charge on any atom is -0.363 e. The molecule has 0 fully saturated rings. The Labute approximate surface area is 81.9 Å². The number of nitrogens with one attached hydrogen (secondary N) is 2. The van der Waals surface area contributed by atoms with Gasteiger partial charge in [0, 0.05) is 29.0 Å². The first-order valence-electron chi connectivity index (χ1n) is 4.28. The Bertz CT molecular complexity index is 232. The van der Waals surface area contributed by atoms with Crippen LogP contribution >= 0.6 is 15.9 Å². The molecular weight excluding hydrogens is 216 g/mol. The van der Waals surface area contributed by atoms with Gasteiger partial charge in [-0.25, -0.2) is 0 Å². The van der Waals surface area contributed by atoms with Crippen LogP contribution in [0.4, 0.5) is 0 Å². The van der Waals surface area contributed by atoms with Crippen LogP contribution in [-0.2, 0) is 6.54 Å². The van der Waals surface area contributed by atoms with Crippen LogP contribution in [0.1, 0.15) is 26.0 Å². The fraction of sp³-hybridized carbons (Fsp3) is 0.556. The van der Waals surface area contributed by atoms with Gasteiger partial charge in [-0.15, -0.1) is 0 Å². The number of hydrogen-bond donors (Lipinski definition) is 2. The molecule has 0 spiro atoms. The van der Waals surface area contributed by atoms with E-state index in [4.69, 9.17) is 0 Å². The highest BCUT2D eigenvalue weighted by atomic mass is 79.9. The lowest BCUT2D eigenvalue weighted by atomic mass is 10.2. The second-order valence-electron chi connectivity index (χ2n) is 3.03. The van der Waals surface area contributed by atoms with E-state index in [2.05, 4.69) is 46.1 Å². The van der Waals surface area contributed by atoms with Gasteiger partial charge in [0.2, 0.25) is 0 Å². The monoisotopic (exact) mass is 230 g/mol. The van der Waals surface area contributed by atoms with Crippen molar-refractivity contribution in [1.29, 1.82) is 0 Å². The average Bonchev–Trinajstić information content (AvgIpc) is 2.47. The van der Waals surface area contributed by atoms with Gasteiger partial charge in [-0.3, -0.25) is 0 Å². The zero-order chi connectivity index (χ0) is 8.97. The third-order valence-electron chi connectivity index (χ3n) is 1.96. The van der Waals surface area contributed by atoms with Crippen LogP contribution in [0, 0.1) is 0 Å². The van der Waals surface area contributed by atoms with Crippen LogP contribution in [-0.4, -0.2) is 11.0 Å². The van der Waals surface area contributed by atoms with Gasteiger partial charge in [-0.2, -0.15) is 0 Å². The molecule has 68 valence electrons. The van der Waals surface area contributed by atoms with E-state index in [0.717, 1.165) is 11.0 Å². The van der Waals surface area contributed by atoms with Crippen molar-refractivity contribution in [2.24, 2.45) is 0 Å². The Morgan fingerprint density at radius 3 is 2.92 bits per heavy atom. The summed E-state index contributed by atoms with van der Waals surface area (Å²) in [6, 6.07) is 2.68. The SMILES string of the molecule is CCC(C)NCc1cc(Br)c[nH]1. The summed E-state index contributed by atoms with van der Waals surface area (Å²) in [6.45, 7) is 5.29. The zero-order valence-electron chi connectivity index (χ0n) is 7.52. The highest BCUT2D eigenvalue weighted by molar-refractivity contribution is 9.10. The van der Waals surface area contributed by atoms with Crippen LogP contribution in [0.25, 0.3) is 0 Å². The normalized spacial score (nSPS) is 13.2. The average molecular weight is 231 g/mol. The predicted molar refractivity (Wildman–Crippen MR) is 55.1 cm³/mol. The van der Waals surface area contributed by atoms with Crippen molar-refractivity contribution in [3.05, 3.63) is 22.4 Å². The molecule has 0 aliphatic carbocycles. The van der Waals surface area contributed by atoms with Gasteiger partial charge < -0.3 is 10.3 Å². The second kappa shape index (κ2) is 4.67. The van der Waals surface area contributed by atoms with E-state index in [9.17, 15) is 0 Å². The third kappa shape index (κ3) is 2.99. The molecule has 0 aliphatic rings. The number of aromatic nitrogens is 1. The van der Waals surface area contributed by atoms with E-state index < -0.39 is 0 Å². The second-order valence-corrected chi connectivity index (χ2v) is 3.95. The van der Waals surface area contributed by atoms with E-state index in [0.29, 0.717) is 6.04 Å². The van der Waals surface area contributed by atoms with Crippen LogP contribution in [0.3, 0.4) is 0 Å². The quantitative estimate of drug-likeness (QED) is 0.819. The van der Waals surface area contributed by atoms with Crippen LogP contribution in [0.5, 0.6) is 0 Å². The summed E-state index contributed by atoms with van der Waals surface area (Å²) in [5.41, 5.74) is 1.22. The summed E-state index contributed by atoms with van der Waals surface area (Å²) < 4.78 is 1.11. The first-order valence-corrected chi connectivity index (χ1v) is 5.08. The lowest BCUT2D eigenvalue weighted by molar-refractivity contribution is 0.530. The van der Waals surface area contributed by atoms with Gasteiger partial charge in [0.1, 0.15) is 0 Å². The fourth-order valence-electron chi connectivity index (χ4n) is 0.942. The molecule has 2 N–H and O–H groups in total. The summed E-state index contributed by atoms with van der Waals surface area (Å²) in [5, 5.41) is 3.41. The van der Waals surface area contributed by atoms with E-state index >= 15 is 0 Å². The highest BCUT2D eigenvalue weighted by Crippen LogP contribution is 2.10. The molecule has 1 atom stereocenters. The summed E-state index contributed by atoms with van der Waals surface area (Å²) in [5.74, 6) is 0. The van der Waals surface area contributed by atoms with Crippen molar-refractivity contribution < 1.29 is 0 Å². The maximum absolute atomic E-state index is 3.41. The maximum Gasteiger partial charge on any atom is 0.0359 e. The molecule has 0 saturated carbocycles. The minimum absolute atomic E-state index is 0.590. The van der Waals surface area contributed by atoms with Crippen LogP contribution in [0.2, 0.25) is 0 Å². The topological polar surface area (TPSA) is 27.8 Å². The van der Waals surface area contributed by atoms with Crippen molar-refractivity contribution in [1.82, 2.24) is 10.3 Å². The van der Waals surface area contributed by atoms with Crippen LogP contribution < -0.4 is 5.32 Å². The molecule has 0 saturated heterocycles. The molecule has 0 bridgehead atoms. The molecule has 1 rings (SSSR count). The molecule has 0 aromatic carbocycles. The fourth-order valence-corrected chi connectivity index (χ4v) is 1.33. The predicted octanol–water partition coefficient (Wildman–Crippen LogP) is 2.67. The maximum atomic E-state index is 3.41. The summed E-state index contributed by atoms with van der Waals surface area (Å²) >= 11 is 3.40. The molecule has 1 aromatic heterocycles. The van der Waals surface area contributed by atoms with Gasteiger partial charge in [0.25, 0.3) is 0 Å². The molecule has 2 nitrogen and oxygen atoms in total. The van der Waals surface area contributed by atoms with Crippen molar-refractivity contribution in [3.8, 4) is 0 Å². The number of halogens is 1. The van der Waals surface area contributed by atoms with E-state index in [1.807, 2.05) is 6.20 Å². The highest BCUT2D eigenvalue weighted by Gasteiger charge is 1.99. The number of hydrogen-bond acceptors (Lipinski definition) is 1. The lowest BCUT2D eigenvalue weighted by Gasteiger charge is -2.09. The Morgan fingerprint density at radius 1 is 1.67 bits per heavy atom. The van der Waals surface area contributed by atoms with Gasteiger partial charge in [0.15, 0.2) is 0 Å². The molecule has 0 amide bonds. The summed E-state index contributed by atoms with van der Waals surface area (Å²) in [4.78, 5) is 3.18. The zero-order valence-corrected chi connectivity index (χ0v) is 9.11. The standard InChI is InChI=1S/C9H15BrN2/c1-3-7(2)11-6-9-4-8(10)5-12-9/h4-5,7,11-12H,3,6H2,1-2H3. The lowest BCUT2D eigenvalue weighted by Crippen LogP contribution is -2.24. The Morgan fingerprint density at radius 2 is 2.42 bits per heavy atom. The number of rotatable bonds is 4. The molecule has 1 unspecified atom stereocenters. The van der Waals surface area contributed by atoms with Gasteiger partial charge in [-0.1, -0.05) is 6.92 Å². The van der Waals surface area contributed by atoms with Crippen molar-refractivity contribution in [2.45, 2.75) is 32.9 Å². The van der Waals surface area contributed by atoms with Crippen molar-refractivity contribution in [3.63, 3.8) is 0 Å². The minimum atomic E-state index is 0.590. The summed E-state index contributed by atoms with van der Waals surface area (Å²) in [6.07, 6.45) is 3.12. The molecule has 0 aliphatic heterocycles. The van der Waals surface area contributed by atoms with Gasteiger partial charge >= 0.3 is 0 Å². The Hall–Kier alpha value is -0.280. The largest absolute Gasteiger partial charge is 0.363 e. The van der Waals surface area contributed by atoms with E-state index in [-0.39, 0.29) is 0 Å². The first kappa shape index (κ1) is 9.81. The van der Waals surface area contributed by atoms with Gasteiger partial charge in [0.05, 0.1) is 0 Å². The number of H-pyrrole nitrogens is 1. The van der Waals surface area contributed by atoms with Crippen molar-refractivity contribution in [2.75, 3.05) is 0 Å². The summed E-state index contributed by atoms with van der Waals surface area (Å²) in [7, 11) is 0. The van der Waals surface area contributed by atoms with E-state index in [1.165, 1.54) is 12.1 Å². The smallest absolute Gasteiger partial charge is 0.0359 e. The molecule has 1 heterocycles.